The Bertz CT molecular complexity index is 1340. The van der Waals surface area contributed by atoms with Crippen molar-refractivity contribution >= 4 is 56.7 Å². The number of aromatic nitrogens is 4. The fourth-order valence-corrected chi connectivity index (χ4v) is 6.01. The largest absolute Gasteiger partial charge is 0.486 e. The highest BCUT2D eigenvalue weighted by molar-refractivity contribution is 9.10. The number of nitrogen functional groups attached to an aromatic ring is 1. The van der Waals surface area contributed by atoms with Crippen LogP contribution in [0.4, 0.5) is 10.6 Å². The number of fused-ring (bicyclic) bond motifs is 2. The van der Waals surface area contributed by atoms with Gasteiger partial charge in [0, 0.05) is 29.0 Å². The molecule has 1 atom stereocenters. The Morgan fingerprint density at radius 1 is 1.24 bits per heavy atom. The van der Waals surface area contributed by atoms with Crippen LogP contribution in [-0.4, -0.2) is 73.9 Å². The van der Waals surface area contributed by atoms with Crippen LogP contribution in [0.3, 0.4) is 0 Å². The lowest BCUT2D eigenvalue weighted by molar-refractivity contribution is -0.134. The Kier molecular flexibility index (Phi) is 7.29. The van der Waals surface area contributed by atoms with Gasteiger partial charge in [-0.1, -0.05) is 11.8 Å². The van der Waals surface area contributed by atoms with E-state index in [-0.39, 0.29) is 11.8 Å². The zero-order chi connectivity index (χ0) is 26.1. The second-order valence-corrected chi connectivity index (χ2v) is 10.8. The van der Waals surface area contributed by atoms with Gasteiger partial charge in [-0.05, 0) is 53.7 Å². The average Bonchev–Trinajstić information content (AvgIpc) is 3.22. The molecule has 196 valence electrons. The predicted octanol–water partition coefficient (Wildman–Crippen LogP) is 2.99. The van der Waals surface area contributed by atoms with Gasteiger partial charge in [-0.15, -0.1) is 0 Å². The monoisotopic (exact) mass is 591 g/mol. The number of carbonyl (C=O) groups excluding carboxylic acids is 1. The average molecular weight is 592 g/mol. The maximum absolute atomic E-state index is 12.6. The molecule has 5 rings (SSSR count). The van der Waals surface area contributed by atoms with Crippen molar-refractivity contribution in [3.05, 3.63) is 22.9 Å². The summed E-state index contributed by atoms with van der Waals surface area (Å²) in [5.41, 5.74) is 7.32. The van der Waals surface area contributed by atoms with E-state index in [1.807, 2.05) is 12.1 Å². The van der Waals surface area contributed by atoms with Gasteiger partial charge in [0.2, 0.25) is 5.91 Å². The van der Waals surface area contributed by atoms with Crippen molar-refractivity contribution in [3.63, 3.8) is 0 Å². The molecule has 1 aromatic carbocycles. The third-order valence-corrected chi connectivity index (χ3v) is 8.37. The molecule has 4 N–H and O–H groups in total. The molecule has 0 unspecified atom stereocenters. The van der Waals surface area contributed by atoms with Crippen LogP contribution in [0.1, 0.15) is 19.8 Å². The third-order valence-electron chi connectivity index (χ3n) is 6.40. The number of nitrogens with two attached hydrogens (primary N) is 1. The standard InChI is InChI=1S/C23H26BrN7O5S/c1-12(28-23(33)34)21(32)30-4-2-13(3-5-30)10-31-20-18(19(25)26-11-27-20)29-22(31)37-17-9-16-15(8-14(17)24)35-6-7-36-16/h8-9,11-13,28H,2-7,10H2,1H3,(H,33,34)(H2,25,26,27)/t12-/m1/s1. The summed E-state index contributed by atoms with van der Waals surface area (Å²) in [5, 5.41) is 11.9. The number of nitrogens with one attached hydrogen (secondary N) is 1. The number of imidazole rings is 1. The molecule has 2 amide bonds. The van der Waals surface area contributed by atoms with E-state index in [4.69, 9.17) is 25.3 Å². The first-order valence-electron chi connectivity index (χ1n) is 11.8. The van der Waals surface area contributed by atoms with Crippen LogP contribution in [0.5, 0.6) is 11.5 Å². The van der Waals surface area contributed by atoms with Crippen LogP contribution in [0.2, 0.25) is 0 Å². The van der Waals surface area contributed by atoms with E-state index in [0.717, 1.165) is 27.4 Å². The first-order chi connectivity index (χ1) is 17.8. The number of rotatable bonds is 6. The highest BCUT2D eigenvalue weighted by atomic mass is 79.9. The number of carbonyl (C=O) groups is 2. The number of amides is 2. The summed E-state index contributed by atoms with van der Waals surface area (Å²) in [6, 6.07) is 3.04. The summed E-state index contributed by atoms with van der Waals surface area (Å²) in [6.07, 6.45) is 1.76. The minimum absolute atomic E-state index is 0.214. The number of anilines is 1. The summed E-state index contributed by atoms with van der Waals surface area (Å²) in [6.45, 7) is 4.31. The normalized spacial score (nSPS) is 16.5. The number of nitrogens with zero attached hydrogens (tertiary/aromatic N) is 5. The quantitative estimate of drug-likeness (QED) is 0.389. The minimum atomic E-state index is -1.21. The lowest BCUT2D eigenvalue weighted by Crippen LogP contribution is -2.49. The number of carboxylic acid groups (broad SMARTS) is 1. The van der Waals surface area contributed by atoms with Gasteiger partial charge in [0.25, 0.3) is 0 Å². The van der Waals surface area contributed by atoms with Crippen LogP contribution >= 0.6 is 27.7 Å². The van der Waals surface area contributed by atoms with E-state index < -0.39 is 12.1 Å². The van der Waals surface area contributed by atoms with Gasteiger partial charge in [0.1, 0.15) is 25.6 Å². The van der Waals surface area contributed by atoms with Crippen LogP contribution in [0.25, 0.3) is 11.2 Å². The summed E-state index contributed by atoms with van der Waals surface area (Å²) >= 11 is 5.10. The van der Waals surface area contributed by atoms with E-state index in [9.17, 15) is 9.59 Å². The second kappa shape index (κ2) is 10.6. The highest BCUT2D eigenvalue weighted by Gasteiger charge is 2.28. The molecule has 0 radical (unpaired) electrons. The zero-order valence-corrected chi connectivity index (χ0v) is 22.4. The molecule has 14 heteroatoms. The number of likely N-dealkylation sites (tertiary alicyclic amines) is 1. The molecule has 4 heterocycles. The molecule has 37 heavy (non-hydrogen) atoms. The van der Waals surface area contributed by atoms with Crippen molar-refractivity contribution in [1.29, 1.82) is 0 Å². The summed E-state index contributed by atoms with van der Waals surface area (Å²) in [4.78, 5) is 39.4. The topological polar surface area (TPSA) is 158 Å². The molecule has 2 aliphatic rings. The van der Waals surface area contributed by atoms with Gasteiger partial charge in [0.05, 0.1) is 0 Å². The van der Waals surface area contributed by atoms with Gasteiger partial charge in [-0.2, -0.15) is 0 Å². The Labute approximate surface area is 225 Å². The lowest BCUT2D eigenvalue weighted by atomic mass is 9.96. The molecule has 0 bridgehead atoms. The Hall–Kier alpha value is -3.26. The SMILES string of the molecule is C[C@@H](NC(=O)O)C(=O)N1CCC(Cn2c(Sc3cc4c(cc3Br)OCCO4)nc3c(N)ncnc32)CC1. The minimum Gasteiger partial charge on any atom is -0.486 e. The van der Waals surface area contributed by atoms with E-state index in [1.54, 1.807) is 11.8 Å². The number of piperidine rings is 1. The fraction of sp³-hybridized carbons (Fsp3) is 0.435. The lowest BCUT2D eigenvalue weighted by Gasteiger charge is -2.33. The van der Waals surface area contributed by atoms with Crippen LogP contribution < -0.4 is 20.5 Å². The maximum atomic E-state index is 12.6. The molecule has 0 aliphatic carbocycles. The Morgan fingerprint density at radius 2 is 1.95 bits per heavy atom. The number of benzene rings is 1. The summed E-state index contributed by atoms with van der Waals surface area (Å²) in [5.74, 6) is 1.74. The molecule has 1 fully saturated rings. The smallest absolute Gasteiger partial charge is 0.405 e. The van der Waals surface area contributed by atoms with Crippen LogP contribution in [0.15, 0.2) is 33.0 Å². The van der Waals surface area contributed by atoms with Gasteiger partial charge in [0.15, 0.2) is 33.6 Å². The molecule has 12 nitrogen and oxygen atoms in total. The number of hydrogen-bond donors (Lipinski definition) is 3. The van der Waals surface area contributed by atoms with Crippen LogP contribution in [0, 0.1) is 5.92 Å². The van der Waals surface area contributed by atoms with Crippen molar-refractivity contribution in [2.45, 2.75) is 42.4 Å². The van der Waals surface area contributed by atoms with Gasteiger partial charge < -0.3 is 35.1 Å². The van der Waals surface area contributed by atoms with Gasteiger partial charge in [-0.25, -0.2) is 19.7 Å². The predicted molar refractivity (Wildman–Crippen MR) is 139 cm³/mol. The molecule has 1 saturated heterocycles. The molecule has 2 aromatic heterocycles. The van der Waals surface area contributed by atoms with Crippen molar-refractivity contribution in [2.75, 3.05) is 32.0 Å². The van der Waals surface area contributed by atoms with Gasteiger partial charge >= 0.3 is 6.09 Å². The molecule has 0 spiro atoms. The fourth-order valence-electron chi connectivity index (χ4n) is 4.51. The Balaban J connectivity index is 1.36. The zero-order valence-electron chi connectivity index (χ0n) is 20.0. The van der Waals surface area contributed by atoms with Crippen LogP contribution in [-0.2, 0) is 11.3 Å². The van der Waals surface area contributed by atoms with E-state index in [0.29, 0.717) is 61.3 Å². The molecule has 2 aliphatic heterocycles. The molecule has 3 aromatic rings. The first-order valence-corrected chi connectivity index (χ1v) is 13.4. The molecular formula is C23H26BrN7O5S. The van der Waals surface area contributed by atoms with E-state index >= 15 is 0 Å². The summed E-state index contributed by atoms with van der Waals surface area (Å²) in [7, 11) is 0. The van der Waals surface area contributed by atoms with Crippen molar-refractivity contribution < 1.29 is 24.2 Å². The second-order valence-electron chi connectivity index (χ2n) is 8.90. The highest BCUT2D eigenvalue weighted by Crippen LogP contribution is 2.42. The van der Waals surface area contributed by atoms with E-state index in [2.05, 4.69) is 35.8 Å². The van der Waals surface area contributed by atoms with Crippen molar-refractivity contribution in [2.24, 2.45) is 5.92 Å². The third kappa shape index (κ3) is 5.39. The van der Waals surface area contributed by atoms with E-state index in [1.165, 1.54) is 18.1 Å². The van der Waals surface area contributed by atoms with Gasteiger partial charge in [-0.3, -0.25) is 4.79 Å². The Morgan fingerprint density at radius 3 is 2.65 bits per heavy atom. The summed E-state index contributed by atoms with van der Waals surface area (Å²) < 4.78 is 14.3. The number of hydrogen-bond acceptors (Lipinski definition) is 9. The maximum Gasteiger partial charge on any atom is 0.405 e. The van der Waals surface area contributed by atoms with Crippen molar-refractivity contribution in [1.82, 2.24) is 29.7 Å². The first kappa shape index (κ1) is 25.4. The number of ether oxygens (including phenoxy) is 2. The molecule has 0 saturated carbocycles. The molecular weight excluding hydrogens is 566 g/mol. The van der Waals surface area contributed by atoms with Crippen molar-refractivity contribution in [3.8, 4) is 11.5 Å². The number of halogens is 1.